The molecule has 0 unspecified atom stereocenters. The highest BCUT2D eigenvalue weighted by Gasteiger charge is 2.18. The summed E-state index contributed by atoms with van der Waals surface area (Å²) in [6.07, 6.45) is 2.62. The number of nitrogens with zero attached hydrogens (tertiary/aromatic N) is 1. The Balaban J connectivity index is 1.81. The summed E-state index contributed by atoms with van der Waals surface area (Å²) in [5.41, 5.74) is 1.30. The molecule has 0 spiro atoms. The number of hydrogen-bond donors (Lipinski definition) is 1. The summed E-state index contributed by atoms with van der Waals surface area (Å²) in [4.78, 5) is 2.35. The van der Waals surface area contributed by atoms with Gasteiger partial charge in [-0.05, 0) is 59.2 Å². The maximum Gasteiger partial charge on any atom is 0.130 e. The fraction of sp³-hybridized carbons (Fsp3) is 0.765. The molecule has 0 amide bonds. The first-order valence-electron chi connectivity index (χ1n) is 7.97. The van der Waals surface area contributed by atoms with E-state index in [1.165, 1.54) is 5.56 Å². The number of aryl methyl sites for hydroxylation is 1. The molecule has 0 radical (unpaired) electrons. The average Bonchev–Trinajstić information content (AvgIpc) is 2.76. The van der Waals surface area contributed by atoms with Crippen LogP contribution in [0.25, 0.3) is 0 Å². The zero-order chi connectivity index (χ0) is 15.5. The minimum Gasteiger partial charge on any atom is -0.462 e. The van der Waals surface area contributed by atoms with Crippen LogP contribution in [0.3, 0.4) is 0 Å². The molecule has 0 aliphatic carbocycles. The van der Waals surface area contributed by atoms with Crippen LogP contribution in [0.5, 0.6) is 0 Å². The summed E-state index contributed by atoms with van der Waals surface area (Å²) in [7, 11) is 2.17. The Labute approximate surface area is 128 Å². The maximum atomic E-state index is 5.99. The molecule has 1 N–H and O–H groups in total. The van der Waals surface area contributed by atoms with E-state index in [4.69, 9.17) is 9.15 Å². The predicted molar refractivity (Wildman–Crippen MR) is 85.3 cm³/mol. The monoisotopic (exact) mass is 294 g/mol. The van der Waals surface area contributed by atoms with E-state index in [1.54, 1.807) is 0 Å². The predicted octanol–water partition coefficient (Wildman–Crippen LogP) is 3.09. The van der Waals surface area contributed by atoms with Gasteiger partial charge in [-0.3, -0.25) is 0 Å². The van der Waals surface area contributed by atoms with Crippen molar-refractivity contribution in [3.63, 3.8) is 0 Å². The van der Waals surface area contributed by atoms with E-state index in [1.807, 2.05) is 0 Å². The van der Waals surface area contributed by atoms with Crippen molar-refractivity contribution in [2.45, 2.75) is 65.3 Å². The Bertz CT molecular complexity index is 440. The Morgan fingerprint density at radius 3 is 2.62 bits per heavy atom. The van der Waals surface area contributed by atoms with Crippen molar-refractivity contribution in [3.05, 3.63) is 23.2 Å². The lowest BCUT2D eigenvalue weighted by Gasteiger charge is -2.28. The van der Waals surface area contributed by atoms with Crippen LogP contribution in [0.15, 0.2) is 10.5 Å². The topological polar surface area (TPSA) is 37.6 Å². The van der Waals surface area contributed by atoms with E-state index >= 15 is 0 Å². The first-order chi connectivity index (χ1) is 9.83. The van der Waals surface area contributed by atoms with Crippen LogP contribution in [0.4, 0.5) is 0 Å². The molecule has 0 aromatic carbocycles. The highest BCUT2D eigenvalue weighted by Crippen LogP contribution is 2.19. The largest absolute Gasteiger partial charge is 0.462 e. The zero-order valence-electron chi connectivity index (χ0n) is 14.2. The molecule has 4 nitrogen and oxygen atoms in total. The molecule has 0 atom stereocenters. The molecule has 1 aliphatic heterocycles. The molecular formula is C17H30N2O2. The third-order valence-electron chi connectivity index (χ3n) is 3.98. The SMILES string of the molecule is Cc1cc(COC2CCN(C)CC2)oc1CNC(C)(C)C. The summed E-state index contributed by atoms with van der Waals surface area (Å²) in [6.45, 7) is 12.2. The van der Waals surface area contributed by atoms with Gasteiger partial charge in [0.2, 0.25) is 0 Å². The molecule has 1 fully saturated rings. The van der Waals surface area contributed by atoms with Gasteiger partial charge in [0.05, 0.1) is 12.6 Å². The number of likely N-dealkylation sites (tertiary alicyclic amines) is 1. The van der Waals surface area contributed by atoms with Gasteiger partial charge in [-0.2, -0.15) is 0 Å². The van der Waals surface area contributed by atoms with Crippen LogP contribution in [0.2, 0.25) is 0 Å². The highest BCUT2D eigenvalue weighted by atomic mass is 16.5. The van der Waals surface area contributed by atoms with Gasteiger partial charge < -0.3 is 19.4 Å². The molecule has 2 heterocycles. The third-order valence-corrected chi connectivity index (χ3v) is 3.98. The molecule has 0 bridgehead atoms. The maximum absolute atomic E-state index is 5.99. The van der Waals surface area contributed by atoms with Crippen LogP contribution in [-0.4, -0.2) is 36.7 Å². The van der Waals surface area contributed by atoms with Gasteiger partial charge >= 0.3 is 0 Å². The van der Waals surface area contributed by atoms with E-state index in [2.05, 4.69) is 51.0 Å². The van der Waals surface area contributed by atoms with Gasteiger partial charge in [0, 0.05) is 18.6 Å². The van der Waals surface area contributed by atoms with E-state index in [9.17, 15) is 0 Å². The summed E-state index contributed by atoms with van der Waals surface area (Å²) in [6, 6.07) is 2.11. The van der Waals surface area contributed by atoms with E-state index < -0.39 is 0 Å². The fourth-order valence-corrected chi connectivity index (χ4v) is 2.53. The molecular weight excluding hydrogens is 264 g/mol. The number of furan rings is 1. The first kappa shape index (κ1) is 16.5. The number of nitrogens with one attached hydrogen (secondary N) is 1. The second kappa shape index (κ2) is 6.95. The van der Waals surface area contributed by atoms with Crippen molar-refractivity contribution < 1.29 is 9.15 Å². The van der Waals surface area contributed by atoms with E-state index in [0.29, 0.717) is 12.7 Å². The second-order valence-electron chi connectivity index (χ2n) is 7.24. The quantitative estimate of drug-likeness (QED) is 0.905. The van der Waals surface area contributed by atoms with Crippen molar-refractivity contribution in [2.75, 3.05) is 20.1 Å². The summed E-state index contributed by atoms with van der Waals surface area (Å²) < 4.78 is 11.9. The van der Waals surface area contributed by atoms with Gasteiger partial charge in [0.25, 0.3) is 0 Å². The Kier molecular flexibility index (Phi) is 5.47. The van der Waals surface area contributed by atoms with Crippen molar-refractivity contribution in [3.8, 4) is 0 Å². The molecule has 21 heavy (non-hydrogen) atoms. The van der Waals surface area contributed by atoms with Gasteiger partial charge in [0.1, 0.15) is 18.1 Å². The number of rotatable bonds is 5. The number of hydrogen-bond acceptors (Lipinski definition) is 4. The Hall–Kier alpha value is -0.840. The summed E-state index contributed by atoms with van der Waals surface area (Å²) in [5.74, 6) is 1.96. The van der Waals surface area contributed by atoms with Gasteiger partial charge in [-0.1, -0.05) is 0 Å². The lowest BCUT2D eigenvalue weighted by Crippen LogP contribution is -2.35. The standard InChI is InChI=1S/C17H30N2O2/c1-13-10-15(21-16(13)11-18-17(2,3)4)12-20-14-6-8-19(5)9-7-14/h10,14,18H,6-9,11-12H2,1-5H3. The van der Waals surface area contributed by atoms with Gasteiger partial charge in [0.15, 0.2) is 0 Å². The molecule has 1 aliphatic rings. The van der Waals surface area contributed by atoms with Crippen LogP contribution in [0.1, 0.15) is 50.7 Å². The van der Waals surface area contributed by atoms with Crippen LogP contribution in [0, 0.1) is 6.92 Å². The van der Waals surface area contributed by atoms with Gasteiger partial charge in [-0.15, -0.1) is 0 Å². The first-order valence-corrected chi connectivity index (χ1v) is 7.97. The number of ether oxygens (including phenoxy) is 1. The lowest BCUT2D eigenvalue weighted by molar-refractivity contribution is -0.00514. The molecule has 1 aromatic heterocycles. The zero-order valence-corrected chi connectivity index (χ0v) is 14.2. The van der Waals surface area contributed by atoms with Crippen LogP contribution >= 0.6 is 0 Å². The van der Waals surface area contributed by atoms with Crippen LogP contribution < -0.4 is 5.32 Å². The van der Waals surface area contributed by atoms with Crippen LogP contribution in [-0.2, 0) is 17.9 Å². The van der Waals surface area contributed by atoms with Crippen molar-refractivity contribution >= 4 is 0 Å². The van der Waals surface area contributed by atoms with E-state index in [0.717, 1.165) is 44.0 Å². The fourth-order valence-electron chi connectivity index (χ4n) is 2.53. The minimum absolute atomic E-state index is 0.101. The average molecular weight is 294 g/mol. The summed E-state index contributed by atoms with van der Waals surface area (Å²) in [5, 5.41) is 3.46. The third kappa shape index (κ3) is 5.46. The molecule has 120 valence electrons. The molecule has 2 rings (SSSR count). The highest BCUT2D eigenvalue weighted by molar-refractivity contribution is 5.19. The lowest BCUT2D eigenvalue weighted by atomic mass is 10.1. The molecule has 1 aromatic rings. The molecule has 1 saturated heterocycles. The van der Waals surface area contributed by atoms with Gasteiger partial charge in [-0.25, -0.2) is 0 Å². The number of piperidine rings is 1. The van der Waals surface area contributed by atoms with Crippen molar-refractivity contribution in [1.82, 2.24) is 10.2 Å². The normalized spacial score (nSPS) is 18.3. The van der Waals surface area contributed by atoms with Crippen molar-refractivity contribution in [1.29, 1.82) is 0 Å². The minimum atomic E-state index is 0.101. The molecule has 4 heteroatoms. The van der Waals surface area contributed by atoms with Crippen molar-refractivity contribution in [2.24, 2.45) is 0 Å². The second-order valence-corrected chi connectivity index (χ2v) is 7.24. The Morgan fingerprint density at radius 1 is 1.33 bits per heavy atom. The summed E-state index contributed by atoms with van der Waals surface area (Å²) >= 11 is 0. The smallest absolute Gasteiger partial charge is 0.130 e. The van der Waals surface area contributed by atoms with E-state index in [-0.39, 0.29) is 5.54 Å². The Morgan fingerprint density at radius 2 is 2.00 bits per heavy atom. The molecule has 0 saturated carbocycles.